The van der Waals surface area contributed by atoms with Gasteiger partial charge in [-0.3, -0.25) is 0 Å². The maximum absolute atomic E-state index is 9.90. The van der Waals surface area contributed by atoms with E-state index in [0.717, 1.165) is 0 Å². The van der Waals surface area contributed by atoms with Crippen molar-refractivity contribution in [2.75, 3.05) is 0 Å². The van der Waals surface area contributed by atoms with Crippen molar-refractivity contribution in [2.24, 2.45) is 0 Å². The molecule has 0 aromatic carbocycles. The molecule has 0 fully saturated rings. The number of hydrogen-bond donors (Lipinski definition) is 0. The van der Waals surface area contributed by atoms with Gasteiger partial charge in [0.2, 0.25) is 10.0 Å². The molecule has 0 saturated heterocycles. The second-order valence-corrected chi connectivity index (χ2v) is 2.91. The summed E-state index contributed by atoms with van der Waals surface area (Å²) >= 11 is 0. The summed E-state index contributed by atoms with van der Waals surface area (Å²) in [6, 6.07) is 0. The van der Waals surface area contributed by atoms with Crippen molar-refractivity contribution in [1.82, 2.24) is 5.14 Å². The lowest BCUT2D eigenvalue weighted by molar-refractivity contribution is 0.602. The van der Waals surface area contributed by atoms with Gasteiger partial charge in [-0.05, 0) is 6.92 Å². The molecule has 0 aliphatic rings. The Hall–Kier alpha value is -0.350. The minimum Gasteiger partial charge on any atom is -0.206 e. The Morgan fingerprint density at radius 3 is 1.86 bits per heavy atom. The predicted octanol–water partition coefficient (Wildman–Crippen LogP) is 0.133. The van der Waals surface area contributed by atoms with Gasteiger partial charge in [-0.25, -0.2) is 8.42 Å². The normalized spacial score (nSPS) is 11.1. The first-order chi connectivity index (χ1) is 2.94. The van der Waals surface area contributed by atoms with Gasteiger partial charge in [-0.1, -0.05) is 6.58 Å². The second-order valence-electron chi connectivity index (χ2n) is 1.21. The monoisotopic (exact) mass is 120 g/mol. The molecular weight excluding hydrogens is 114 g/mol. The van der Waals surface area contributed by atoms with Gasteiger partial charge in [0.05, 0.1) is 4.91 Å². The zero-order chi connectivity index (χ0) is 6.08. The molecular formula is C3H6NO2S. The molecule has 1 N–H and O–H groups in total. The Labute approximate surface area is 42.9 Å². The zero-order valence-electron chi connectivity index (χ0n) is 3.93. The summed E-state index contributed by atoms with van der Waals surface area (Å²) in [5, 5.41) is 6.26. The van der Waals surface area contributed by atoms with Crippen LogP contribution in [-0.4, -0.2) is 8.42 Å². The molecule has 4 heteroatoms. The largest absolute Gasteiger partial charge is 0.249 e. The van der Waals surface area contributed by atoms with Gasteiger partial charge in [0.25, 0.3) is 0 Å². The maximum Gasteiger partial charge on any atom is 0.249 e. The van der Waals surface area contributed by atoms with Crippen LogP contribution in [-0.2, 0) is 10.0 Å². The minimum absolute atomic E-state index is 0.118. The topological polar surface area (TPSA) is 57.9 Å². The second kappa shape index (κ2) is 1.63. The molecule has 0 aliphatic heterocycles. The molecule has 0 aliphatic carbocycles. The van der Waals surface area contributed by atoms with E-state index < -0.39 is 10.0 Å². The lowest BCUT2D eigenvalue weighted by Crippen LogP contribution is -1.98. The van der Waals surface area contributed by atoms with Gasteiger partial charge in [0.1, 0.15) is 0 Å². The Balaban J connectivity index is 4.43. The molecule has 0 atom stereocenters. The van der Waals surface area contributed by atoms with Crippen LogP contribution in [0.15, 0.2) is 11.5 Å². The van der Waals surface area contributed by atoms with Gasteiger partial charge in [0.15, 0.2) is 0 Å². The van der Waals surface area contributed by atoms with E-state index in [1.807, 2.05) is 0 Å². The van der Waals surface area contributed by atoms with Crippen molar-refractivity contribution < 1.29 is 8.42 Å². The van der Waals surface area contributed by atoms with Crippen molar-refractivity contribution in [3.8, 4) is 0 Å². The smallest absolute Gasteiger partial charge is 0.206 e. The highest BCUT2D eigenvalue weighted by molar-refractivity contribution is 7.92. The van der Waals surface area contributed by atoms with Crippen LogP contribution in [0, 0.1) is 0 Å². The van der Waals surface area contributed by atoms with Crippen LogP contribution in [0.2, 0.25) is 0 Å². The number of sulfonamides is 1. The summed E-state index contributed by atoms with van der Waals surface area (Å²) < 4.78 is 19.8. The lowest BCUT2D eigenvalue weighted by atomic mass is 10.8. The number of nitrogens with one attached hydrogen (secondary N) is 1. The molecule has 41 valence electrons. The fraction of sp³-hybridized carbons (Fsp3) is 0.333. The summed E-state index contributed by atoms with van der Waals surface area (Å²) in [4.78, 5) is -0.118. The average Bonchev–Trinajstić information content (AvgIpc) is 1.31. The summed E-state index contributed by atoms with van der Waals surface area (Å²) in [5.41, 5.74) is 0. The molecule has 0 bridgehead atoms. The standard InChI is InChI=1S/C3H6NO2S/c1-3(2)7(4,5)6/h4H,1H2,2H3. The SMILES string of the molecule is C=C(C)S([NH])(=O)=O. The van der Waals surface area contributed by atoms with Crippen LogP contribution in [0.3, 0.4) is 0 Å². The highest BCUT2D eigenvalue weighted by Crippen LogP contribution is 1.93. The molecule has 0 aromatic heterocycles. The average molecular weight is 120 g/mol. The van der Waals surface area contributed by atoms with Crippen LogP contribution in [0.5, 0.6) is 0 Å². The zero-order valence-corrected chi connectivity index (χ0v) is 4.75. The van der Waals surface area contributed by atoms with Crippen molar-refractivity contribution in [3.05, 3.63) is 11.5 Å². The van der Waals surface area contributed by atoms with E-state index in [4.69, 9.17) is 5.14 Å². The van der Waals surface area contributed by atoms with Crippen LogP contribution < -0.4 is 5.14 Å². The van der Waals surface area contributed by atoms with E-state index in [9.17, 15) is 8.42 Å². The molecule has 0 unspecified atom stereocenters. The molecule has 7 heavy (non-hydrogen) atoms. The molecule has 0 saturated carbocycles. The van der Waals surface area contributed by atoms with E-state index in [1.54, 1.807) is 0 Å². The van der Waals surface area contributed by atoms with E-state index in [1.165, 1.54) is 6.92 Å². The Morgan fingerprint density at radius 2 is 1.86 bits per heavy atom. The van der Waals surface area contributed by atoms with Gasteiger partial charge in [-0.15, -0.1) is 5.14 Å². The van der Waals surface area contributed by atoms with Crippen molar-refractivity contribution in [1.29, 1.82) is 0 Å². The van der Waals surface area contributed by atoms with Crippen LogP contribution >= 0.6 is 0 Å². The number of allylic oxidation sites excluding steroid dienone is 1. The Kier molecular flexibility index (Phi) is 1.55. The van der Waals surface area contributed by atoms with E-state index in [0.29, 0.717) is 0 Å². The van der Waals surface area contributed by atoms with Crippen LogP contribution in [0.25, 0.3) is 0 Å². The quantitative estimate of drug-likeness (QED) is 0.494. The first-order valence-corrected chi connectivity index (χ1v) is 3.08. The molecule has 0 heterocycles. The third kappa shape index (κ3) is 2.36. The number of hydrogen-bond acceptors (Lipinski definition) is 2. The van der Waals surface area contributed by atoms with E-state index in [-0.39, 0.29) is 4.91 Å². The van der Waals surface area contributed by atoms with Gasteiger partial charge in [-0.2, -0.15) is 0 Å². The Morgan fingerprint density at radius 1 is 1.71 bits per heavy atom. The van der Waals surface area contributed by atoms with Crippen LogP contribution in [0.1, 0.15) is 6.92 Å². The Bertz CT molecular complexity index is 167. The molecule has 1 radical (unpaired) electrons. The number of rotatable bonds is 1. The lowest BCUT2D eigenvalue weighted by Gasteiger charge is -1.86. The summed E-state index contributed by atoms with van der Waals surface area (Å²) in [6.07, 6.45) is 0. The highest BCUT2D eigenvalue weighted by atomic mass is 32.2. The molecule has 0 spiro atoms. The minimum atomic E-state index is -3.69. The van der Waals surface area contributed by atoms with Crippen molar-refractivity contribution in [3.63, 3.8) is 0 Å². The molecule has 3 nitrogen and oxygen atoms in total. The highest BCUT2D eigenvalue weighted by Gasteiger charge is 2.00. The van der Waals surface area contributed by atoms with Gasteiger partial charge >= 0.3 is 0 Å². The van der Waals surface area contributed by atoms with Gasteiger partial charge < -0.3 is 0 Å². The maximum atomic E-state index is 9.90. The first-order valence-electron chi connectivity index (χ1n) is 1.60. The van der Waals surface area contributed by atoms with Gasteiger partial charge in [0, 0.05) is 0 Å². The summed E-state index contributed by atoms with van der Waals surface area (Å²) in [6.45, 7) is 4.33. The predicted molar refractivity (Wildman–Crippen MR) is 26.8 cm³/mol. The fourth-order valence-electron chi connectivity index (χ4n) is 0. The van der Waals surface area contributed by atoms with Crippen LogP contribution in [0.4, 0.5) is 0 Å². The van der Waals surface area contributed by atoms with Crippen molar-refractivity contribution in [2.45, 2.75) is 6.92 Å². The third-order valence-corrected chi connectivity index (χ3v) is 1.38. The van der Waals surface area contributed by atoms with Crippen molar-refractivity contribution >= 4 is 10.0 Å². The summed E-state index contributed by atoms with van der Waals surface area (Å²) in [7, 11) is -3.69. The third-order valence-electron chi connectivity index (χ3n) is 0.459. The molecule has 0 amide bonds. The molecule has 0 aromatic rings. The fourth-order valence-corrected chi connectivity index (χ4v) is 0. The molecule has 0 rings (SSSR count). The van der Waals surface area contributed by atoms with E-state index >= 15 is 0 Å². The summed E-state index contributed by atoms with van der Waals surface area (Å²) in [5.74, 6) is 0. The first kappa shape index (κ1) is 6.65. The van der Waals surface area contributed by atoms with E-state index in [2.05, 4.69) is 6.58 Å².